The van der Waals surface area contributed by atoms with Crippen molar-refractivity contribution in [3.05, 3.63) is 22.4 Å². The summed E-state index contributed by atoms with van der Waals surface area (Å²) in [5.74, 6) is 0.678. The number of hydrogen-bond donors (Lipinski definition) is 1. The number of carbonyl (C=O) groups excluding carboxylic acids is 2. The van der Waals surface area contributed by atoms with Gasteiger partial charge < -0.3 is 15.0 Å². The van der Waals surface area contributed by atoms with Gasteiger partial charge in [0.15, 0.2) is 0 Å². The average Bonchev–Trinajstić information content (AvgIpc) is 3.11. The summed E-state index contributed by atoms with van der Waals surface area (Å²) in [7, 11) is 0. The van der Waals surface area contributed by atoms with E-state index >= 15 is 0 Å². The van der Waals surface area contributed by atoms with Gasteiger partial charge in [-0.15, -0.1) is 11.3 Å². The van der Waals surface area contributed by atoms with E-state index in [4.69, 9.17) is 4.74 Å². The van der Waals surface area contributed by atoms with Gasteiger partial charge in [0.1, 0.15) is 0 Å². The van der Waals surface area contributed by atoms with Crippen molar-refractivity contribution in [1.29, 1.82) is 0 Å². The zero-order chi connectivity index (χ0) is 17.4. The van der Waals surface area contributed by atoms with Gasteiger partial charge in [-0.2, -0.15) is 0 Å². The summed E-state index contributed by atoms with van der Waals surface area (Å²) in [5, 5.41) is 4.74. The summed E-state index contributed by atoms with van der Waals surface area (Å²) >= 11 is 1.42. The minimum Gasteiger partial charge on any atom is -0.378 e. The molecule has 1 aromatic rings. The molecule has 0 spiro atoms. The largest absolute Gasteiger partial charge is 0.378 e. The lowest BCUT2D eigenvalue weighted by atomic mass is 10.1. The second-order valence-corrected chi connectivity index (χ2v) is 7.59. The van der Waals surface area contributed by atoms with E-state index in [0.29, 0.717) is 36.3 Å². The van der Waals surface area contributed by atoms with Gasteiger partial charge in [0.25, 0.3) is 5.91 Å². The summed E-state index contributed by atoms with van der Waals surface area (Å²) in [4.78, 5) is 26.6. The number of ether oxygens (including phenoxy) is 1. The van der Waals surface area contributed by atoms with Crippen LogP contribution < -0.4 is 5.32 Å². The van der Waals surface area contributed by atoms with Gasteiger partial charge in [-0.05, 0) is 36.6 Å². The molecule has 0 aliphatic carbocycles. The van der Waals surface area contributed by atoms with Crippen molar-refractivity contribution in [3.63, 3.8) is 0 Å². The molecule has 0 unspecified atom stereocenters. The van der Waals surface area contributed by atoms with Crippen molar-refractivity contribution in [2.45, 2.75) is 45.6 Å². The lowest BCUT2D eigenvalue weighted by Crippen LogP contribution is -2.41. The first kappa shape index (κ1) is 18.9. The van der Waals surface area contributed by atoms with Crippen LogP contribution in [0.2, 0.25) is 0 Å². The first-order valence-electron chi connectivity index (χ1n) is 8.77. The molecule has 2 rings (SSSR count). The average molecular weight is 353 g/mol. The molecule has 2 amide bonds. The van der Waals surface area contributed by atoms with E-state index in [9.17, 15) is 9.59 Å². The second-order valence-electron chi connectivity index (χ2n) is 6.64. The van der Waals surface area contributed by atoms with E-state index in [2.05, 4.69) is 19.2 Å². The third-order valence-electron chi connectivity index (χ3n) is 4.06. The van der Waals surface area contributed by atoms with Crippen LogP contribution in [0.15, 0.2) is 17.5 Å². The van der Waals surface area contributed by atoms with Gasteiger partial charge >= 0.3 is 0 Å². The fraction of sp³-hybridized carbons (Fsp3) is 0.667. The van der Waals surface area contributed by atoms with Crippen LogP contribution in [0.1, 0.15) is 49.2 Å². The molecule has 1 aromatic heterocycles. The molecule has 6 heteroatoms. The number of nitrogens with zero attached hydrogens (tertiary/aromatic N) is 1. The Labute approximate surface area is 148 Å². The first-order valence-corrected chi connectivity index (χ1v) is 9.65. The van der Waals surface area contributed by atoms with E-state index in [0.717, 1.165) is 32.5 Å². The fourth-order valence-corrected chi connectivity index (χ4v) is 3.34. The zero-order valence-corrected chi connectivity index (χ0v) is 15.4. The summed E-state index contributed by atoms with van der Waals surface area (Å²) in [6.07, 6.45) is 3.31. The van der Waals surface area contributed by atoms with Crippen LogP contribution in [0.3, 0.4) is 0 Å². The van der Waals surface area contributed by atoms with Gasteiger partial charge in [-0.1, -0.05) is 19.9 Å². The number of carbonyl (C=O) groups is 2. The highest BCUT2D eigenvalue weighted by Crippen LogP contribution is 2.16. The van der Waals surface area contributed by atoms with Crippen molar-refractivity contribution >= 4 is 23.2 Å². The first-order chi connectivity index (χ1) is 11.6. The molecule has 0 saturated carbocycles. The SMILES string of the molecule is CC(C)COC1CCN(C(=O)CCCNC(=O)c2cccs2)CC1. The third-order valence-corrected chi connectivity index (χ3v) is 4.93. The second kappa shape index (κ2) is 9.79. The molecule has 0 aromatic carbocycles. The number of likely N-dealkylation sites (tertiary alicyclic amines) is 1. The molecule has 1 saturated heterocycles. The summed E-state index contributed by atoms with van der Waals surface area (Å²) in [6, 6.07) is 3.66. The quantitative estimate of drug-likeness (QED) is 0.732. The number of hydrogen-bond acceptors (Lipinski definition) is 4. The lowest BCUT2D eigenvalue weighted by molar-refractivity contribution is -0.134. The summed E-state index contributed by atoms with van der Waals surface area (Å²) in [6.45, 7) is 7.19. The van der Waals surface area contributed by atoms with Crippen molar-refractivity contribution in [1.82, 2.24) is 10.2 Å². The smallest absolute Gasteiger partial charge is 0.261 e. The minimum atomic E-state index is -0.0550. The molecule has 24 heavy (non-hydrogen) atoms. The van der Waals surface area contributed by atoms with E-state index < -0.39 is 0 Å². The third kappa shape index (κ3) is 6.24. The van der Waals surface area contributed by atoms with E-state index in [1.807, 2.05) is 16.3 Å². The highest BCUT2D eigenvalue weighted by molar-refractivity contribution is 7.12. The van der Waals surface area contributed by atoms with Crippen molar-refractivity contribution in [2.75, 3.05) is 26.2 Å². The Kier molecular flexibility index (Phi) is 7.72. The highest BCUT2D eigenvalue weighted by atomic mass is 32.1. The van der Waals surface area contributed by atoms with Gasteiger partial charge in [-0.25, -0.2) is 0 Å². The molecule has 2 heterocycles. The zero-order valence-electron chi connectivity index (χ0n) is 14.6. The van der Waals surface area contributed by atoms with Crippen LogP contribution in [0, 0.1) is 5.92 Å². The van der Waals surface area contributed by atoms with E-state index in [-0.39, 0.29) is 11.8 Å². The van der Waals surface area contributed by atoms with Crippen molar-refractivity contribution in [2.24, 2.45) is 5.92 Å². The van der Waals surface area contributed by atoms with Crippen LogP contribution in [0.5, 0.6) is 0 Å². The molecule has 1 aliphatic rings. The fourth-order valence-electron chi connectivity index (χ4n) is 2.69. The molecule has 1 aliphatic heterocycles. The maximum absolute atomic E-state index is 12.2. The Bertz CT molecular complexity index is 508. The standard InChI is InChI=1S/C18H28N2O3S/c1-14(2)13-23-15-7-10-20(11-8-15)17(21)6-3-9-19-18(22)16-5-4-12-24-16/h4-5,12,14-15H,3,6-11,13H2,1-2H3,(H,19,22). The summed E-state index contributed by atoms with van der Waals surface area (Å²) in [5.41, 5.74) is 0. The Balaban J connectivity index is 1.57. The maximum Gasteiger partial charge on any atom is 0.261 e. The predicted octanol–water partition coefficient (Wildman–Crippen LogP) is 2.92. The van der Waals surface area contributed by atoms with Crippen LogP contribution in [0.4, 0.5) is 0 Å². The molecular weight excluding hydrogens is 324 g/mol. The van der Waals surface area contributed by atoms with E-state index in [1.165, 1.54) is 11.3 Å². The monoisotopic (exact) mass is 352 g/mol. The Morgan fingerprint density at radius 3 is 2.75 bits per heavy atom. The van der Waals surface area contributed by atoms with Gasteiger partial charge in [0, 0.05) is 32.7 Å². The predicted molar refractivity (Wildman–Crippen MR) is 96.3 cm³/mol. The molecule has 5 nitrogen and oxygen atoms in total. The summed E-state index contributed by atoms with van der Waals surface area (Å²) < 4.78 is 5.85. The van der Waals surface area contributed by atoms with Crippen molar-refractivity contribution < 1.29 is 14.3 Å². The number of rotatable bonds is 8. The normalized spacial score (nSPS) is 15.7. The minimum absolute atomic E-state index is 0.0550. The van der Waals surface area contributed by atoms with Crippen LogP contribution in [-0.4, -0.2) is 49.1 Å². The van der Waals surface area contributed by atoms with Crippen LogP contribution in [0.25, 0.3) is 0 Å². The Morgan fingerprint density at radius 2 is 2.12 bits per heavy atom. The van der Waals surface area contributed by atoms with Gasteiger partial charge in [0.05, 0.1) is 11.0 Å². The van der Waals surface area contributed by atoms with Crippen molar-refractivity contribution in [3.8, 4) is 0 Å². The van der Waals surface area contributed by atoms with Crippen LogP contribution >= 0.6 is 11.3 Å². The number of thiophene rings is 1. The van der Waals surface area contributed by atoms with E-state index in [1.54, 1.807) is 6.07 Å². The number of nitrogens with one attached hydrogen (secondary N) is 1. The number of amides is 2. The number of piperidine rings is 1. The molecule has 0 bridgehead atoms. The topological polar surface area (TPSA) is 58.6 Å². The highest BCUT2D eigenvalue weighted by Gasteiger charge is 2.23. The molecule has 0 radical (unpaired) electrons. The maximum atomic E-state index is 12.2. The van der Waals surface area contributed by atoms with Gasteiger partial charge in [0.2, 0.25) is 5.91 Å². The molecule has 1 N–H and O–H groups in total. The Hall–Kier alpha value is -1.40. The van der Waals surface area contributed by atoms with Crippen LogP contribution in [-0.2, 0) is 9.53 Å². The molecular formula is C18H28N2O3S. The Morgan fingerprint density at radius 1 is 1.38 bits per heavy atom. The molecule has 134 valence electrons. The van der Waals surface area contributed by atoms with Gasteiger partial charge in [-0.3, -0.25) is 9.59 Å². The molecule has 1 fully saturated rings. The molecule has 0 atom stereocenters. The lowest BCUT2D eigenvalue weighted by Gasteiger charge is -2.32.